The first-order valence-electron chi connectivity index (χ1n) is 9.36. The Hall–Kier alpha value is -2.69. The first kappa shape index (κ1) is 17.7. The molecule has 1 aliphatic carbocycles. The van der Waals surface area contributed by atoms with E-state index in [2.05, 4.69) is 27.7 Å². The van der Waals surface area contributed by atoms with E-state index in [-0.39, 0.29) is 34.3 Å². The van der Waals surface area contributed by atoms with Crippen molar-refractivity contribution in [2.24, 2.45) is 16.7 Å². The quantitative estimate of drug-likeness (QED) is 0.657. The summed E-state index contributed by atoms with van der Waals surface area (Å²) in [5.41, 5.74) is 1.74. The number of aromatic nitrogens is 2. The molecule has 0 aliphatic heterocycles. The van der Waals surface area contributed by atoms with Crippen LogP contribution in [-0.2, 0) is 13.1 Å². The van der Waals surface area contributed by atoms with Gasteiger partial charge in [-0.3, -0.25) is 9.36 Å². The lowest BCUT2D eigenvalue weighted by Gasteiger charge is -2.09. The molecule has 142 valence electrons. The van der Waals surface area contributed by atoms with Crippen molar-refractivity contribution in [1.82, 2.24) is 9.13 Å². The molecule has 0 atom stereocenters. The van der Waals surface area contributed by atoms with Crippen molar-refractivity contribution >= 4 is 16.7 Å². The van der Waals surface area contributed by atoms with E-state index in [0.29, 0.717) is 13.1 Å². The molecule has 0 unspecified atom stereocenters. The zero-order valence-electron chi connectivity index (χ0n) is 16.2. The third kappa shape index (κ3) is 2.48. The monoisotopic (exact) mass is 366 g/mol. The first-order chi connectivity index (χ1) is 12.7. The molecule has 1 aromatic carbocycles. The minimum absolute atomic E-state index is 0.00396. The number of ketones is 1. The van der Waals surface area contributed by atoms with E-state index in [0.717, 1.165) is 16.5 Å². The summed E-state index contributed by atoms with van der Waals surface area (Å²) in [5.74, 6) is 0.275. The number of Topliss-reactive ketones (excluding diaryl/α,β-unsaturated/α-hetero) is 1. The number of fused-ring (bicyclic) bond motifs is 1. The van der Waals surface area contributed by atoms with E-state index >= 15 is 0 Å². The van der Waals surface area contributed by atoms with E-state index < -0.39 is 0 Å². The number of hydrogen-bond donors (Lipinski definition) is 2. The molecule has 2 N–H and O–H groups in total. The number of carbonyl (C=O) groups excluding carboxylic acids is 1. The maximum atomic E-state index is 13.3. The number of carbonyl (C=O) groups is 1. The Labute approximate surface area is 158 Å². The third-order valence-electron chi connectivity index (χ3n) is 6.84. The predicted molar refractivity (Wildman–Crippen MR) is 105 cm³/mol. The smallest absolute Gasteiger partial charge is 0.193 e. The van der Waals surface area contributed by atoms with Gasteiger partial charge in [-0.2, -0.15) is 0 Å². The fraction of sp³-hybridized carbons (Fsp3) is 0.409. The van der Waals surface area contributed by atoms with Gasteiger partial charge in [0.15, 0.2) is 17.5 Å². The number of para-hydroxylation sites is 1. The fourth-order valence-electron chi connectivity index (χ4n) is 4.52. The standard InChI is InChI=1S/C22H26N2O3/c1-21(2)20(22(21,3)4)19(27)15-13-23(16-8-6-5-7-14(15)16)11-12-24-17(25)9-10-18(24)26/h5-10,13,20,25-26H,11-12H2,1-4H3. The molecule has 2 aromatic heterocycles. The minimum Gasteiger partial charge on any atom is -0.494 e. The molecule has 0 spiro atoms. The van der Waals surface area contributed by atoms with Gasteiger partial charge in [0.2, 0.25) is 0 Å². The first-order valence-corrected chi connectivity index (χ1v) is 9.36. The molecule has 1 saturated carbocycles. The van der Waals surface area contributed by atoms with Crippen LogP contribution in [0.1, 0.15) is 38.1 Å². The van der Waals surface area contributed by atoms with E-state index in [1.807, 2.05) is 35.0 Å². The lowest BCUT2D eigenvalue weighted by Crippen LogP contribution is -2.08. The topological polar surface area (TPSA) is 67.4 Å². The van der Waals surface area contributed by atoms with Crippen LogP contribution >= 0.6 is 0 Å². The SMILES string of the molecule is CC1(C)C(C(=O)c2cn(CCn3c(O)ccc3O)c3ccccc23)C1(C)C. The van der Waals surface area contributed by atoms with Gasteiger partial charge < -0.3 is 14.8 Å². The number of rotatable bonds is 5. The van der Waals surface area contributed by atoms with E-state index in [1.165, 1.54) is 16.7 Å². The molecule has 5 heteroatoms. The van der Waals surface area contributed by atoms with E-state index in [1.54, 1.807) is 0 Å². The molecule has 5 nitrogen and oxygen atoms in total. The van der Waals surface area contributed by atoms with Gasteiger partial charge in [0.1, 0.15) is 0 Å². The van der Waals surface area contributed by atoms with E-state index in [4.69, 9.17) is 0 Å². The molecule has 27 heavy (non-hydrogen) atoms. The Balaban J connectivity index is 1.69. The van der Waals surface area contributed by atoms with E-state index in [9.17, 15) is 15.0 Å². The van der Waals surface area contributed by atoms with Crippen molar-refractivity contribution in [3.8, 4) is 11.8 Å². The summed E-state index contributed by atoms with van der Waals surface area (Å²) < 4.78 is 3.48. The van der Waals surface area contributed by atoms with Crippen LogP contribution in [0.5, 0.6) is 11.8 Å². The van der Waals surface area contributed by atoms with Crippen LogP contribution in [0.25, 0.3) is 10.9 Å². The fourth-order valence-corrected chi connectivity index (χ4v) is 4.52. The average Bonchev–Trinajstić information content (AvgIpc) is 2.93. The van der Waals surface area contributed by atoms with Crippen molar-refractivity contribution in [3.05, 3.63) is 48.2 Å². The third-order valence-corrected chi connectivity index (χ3v) is 6.84. The second kappa shape index (κ2) is 5.65. The van der Waals surface area contributed by atoms with Crippen LogP contribution in [-0.4, -0.2) is 25.1 Å². The van der Waals surface area contributed by atoms with Crippen LogP contribution in [0.3, 0.4) is 0 Å². The zero-order valence-corrected chi connectivity index (χ0v) is 16.2. The summed E-state index contributed by atoms with van der Waals surface area (Å²) in [6, 6.07) is 10.8. The van der Waals surface area contributed by atoms with Gasteiger partial charge in [-0.1, -0.05) is 45.9 Å². The number of aromatic hydroxyl groups is 2. The highest BCUT2D eigenvalue weighted by atomic mass is 16.3. The molecular formula is C22H26N2O3. The summed E-state index contributed by atoms with van der Waals surface area (Å²) >= 11 is 0. The van der Waals surface area contributed by atoms with Crippen LogP contribution in [0.4, 0.5) is 0 Å². The van der Waals surface area contributed by atoms with Gasteiger partial charge in [0.05, 0.1) is 0 Å². The van der Waals surface area contributed by atoms with Gasteiger partial charge in [-0.25, -0.2) is 0 Å². The summed E-state index contributed by atoms with van der Waals surface area (Å²) in [7, 11) is 0. The lowest BCUT2D eigenvalue weighted by atomic mass is 10.0. The van der Waals surface area contributed by atoms with Crippen molar-refractivity contribution in [3.63, 3.8) is 0 Å². The largest absolute Gasteiger partial charge is 0.494 e. The lowest BCUT2D eigenvalue weighted by molar-refractivity contribution is 0.0946. The Morgan fingerprint density at radius 1 is 0.963 bits per heavy atom. The molecule has 1 fully saturated rings. The highest BCUT2D eigenvalue weighted by Gasteiger charge is 2.68. The van der Waals surface area contributed by atoms with Crippen LogP contribution < -0.4 is 0 Å². The van der Waals surface area contributed by atoms with Gasteiger partial charge in [0.25, 0.3) is 0 Å². The van der Waals surface area contributed by atoms with Crippen molar-refractivity contribution in [2.75, 3.05) is 0 Å². The molecule has 3 aromatic rings. The molecule has 2 heterocycles. The van der Waals surface area contributed by atoms with Gasteiger partial charge >= 0.3 is 0 Å². The normalized spacial score (nSPS) is 18.1. The van der Waals surface area contributed by atoms with Crippen LogP contribution in [0, 0.1) is 16.7 Å². The second-order valence-electron chi connectivity index (χ2n) is 8.70. The predicted octanol–water partition coefficient (Wildman–Crippen LogP) is 4.42. The molecule has 4 rings (SSSR count). The zero-order chi connectivity index (χ0) is 19.6. The minimum atomic E-state index is -0.00396. The molecule has 0 amide bonds. The molecular weight excluding hydrogens is 340 g/mol. The molecule has 0 bridgehead atoms. The maximum absolute atomic E-state index is 13.3. The van der Waals surface area contributed by atoms with Gasteiger partial charge in [0, 0.05) is 53.8 Å². The number of hydrogen-bond acceptors (Lipinski definition) is 3. The molecule has 1 aliphatic rings. The Bertz CT molecular complexity index is 1010. The van der Waals surface area contributed by atoms with Crippen molar-refractivity contribution in [2.45, 2.75) is 40.8 Å². The summed E-state index contributed by atoms with van der Waals surface area (Å²) in [6.07, 6.45) is 1.93. The van der Waals surface area contributed by atoms with Crippen LogP contribution in [0.2, 0.25) is 0 Å². The highest BCUT2D eigenvalue weighted by molar-refractivity contribution is 6.11. The molecule has 0 radical (unpaired) electrons. The van der Waals surface area contributed by atoms with Crippen LogP contribution in [0.15, 0.2) is 42.6 Å². The Morgan fingerprint density at radius 3 is 2.15 bits per heavy atom. The average molecular weight is 366 g/mol. The molecule has 0 saturated heterocycles. The summed E-state index contributed by atoms with van der Waals surface area (Å²) in [5, 5.41) is 20.7. The summed E-state index contributed by atoms with van der Waals surface area (Å²) in [6.45, 7) is 9.59. The number of aryl methyl sites for hydroxylation is 1. The van der Waals surface area contributed by atoms with Crippen molar-refractivity contribution in [1.29, 1.82) is 0 Å². The number of benzene rings is 1. The van der Waals surface area contributed by atoms with Gasteiger partial charge in [-0.15, -0.1) is 0 Å². The van der Waals surface area contributed by atoms with Gasteiger partial charge in [-0.05, 0) is 16.9 Å². The number of nitrogens with zero attached hydrogens (tertiary/aromatic N) is 2. The Kier molecular flexibility index (Phi) is 3.71. The maximum Gasteiger partial charge on any atom is 0.193 e. The second-order valence-corrected chi connectivity index (χ2v) is 8.70. The summed E-state index contributed by atoms with van der Waals surface area (Å²) in [4.78, 5) is 13.3. The Morgan fingerprint density at radius 2 is 1.56 bits per heavy atom. The highest BCUT2D eigenvalue weighted by Crippen LogP contribution is 2.69. The van der Waals surface area contributed by atoms with Crippen molar-refractivity contribution < 1.29 is 15.0 Å².